The van der Waals surface area contributed by atoms with E-state index >= 15 is 0 Å². The van der Waals surface area contributed by atoms with Crippen LogP contribution in [0.5, 0.6) is 0 Å². The van der Waals surface area contributed by atoms with Gasteiger partial charge in [0, 0.05) is 11.6 Å². The van der Waals surface area contributed by atoms with Crippen LogP contribution in [0.4, 0.5) is 28.9 Å². The quantitative estimate of drug-likeness (QED) is 0.500. The maximum Gasteiger partial charge on any atom is 0.417 e. The minimum absolute atomic E-state index is 0.0664. The largest absolute Gasteiger partial charge is 0.417 e. The molecule has 2 aromatic rings. The molecule has 0 radical (unpaired) electrons. The Hall–Kier alpha value is -3.07. The second-order valence-corrected chi connectivity index (χ2v) is 8.29. The molecule has 0 aliphatic carbocycles. The zero-order valence-electron chi connectivity index (χ0n) is 17.5. The van der Waals surface area contributed by atoms with Gasteiger partial charge in [-0.2, -0.15) is 18.4 Å². The van der Waals surface area contributed by atoms with Crippen LogP contribution in [-0.2, 0) is 11.0 Å². The number of benzene rings is 2. The van der Waals surface area contributed by atoms with Gasteiger partial charge in [0.1, 0.15) is 11.4 Å². The molecule has 174 valence electrons. The summed E-state index contributed by atoms with van der Waals surface area (Å²) in [5.41, 5.74) is -3.11. The van der Waals surface area contributed by atoms with E-state index in [1.54, 1.807) is 0 Å². The third kappa shape index (κ3) is 4.17. The van der Waals surface area contributed by atoms with Crippen molar-refractivity contribution in [2.24, 2.45) is 0 Å². The Bertz CT molecular complexity index is 1160. The number of hydrogen-bond donors (Lipinski definition) is 2. The summed E-state index contributed by atoms with van der Waals surface area (Å²) in [7, 11) is 0. The number of halogens is 4. The van der Waals surface area contributed by atoms with Gasteiger partial charge < -0.3 is 15.1 Å². The van der Waals surface area contributed by atoms with Crippen molar-refractivity contribution < 1.29 is 32.6 Å². The van der Waals surface area contributed by atoms with Crippen molar-refractivity contribution in [3.05, 3.63) is 58.9 Å². The Morgan fingerprint density at radius 2 is 1.73 bits per heavy atom. The number of amides is 1. The van der Waals surface area contributed by atoms with Crippen molar-refractivity contribution in [1.29, 1.82) is 5.26 Å². The number of carbonyl (C=O) groups excluding carboxylic acids is 1. The van der Waals surface area contributed by atoms with Crippen LogP contribution in [0, 0.1) is 17.1 Å². The zero-order valence-corrected chi connectivity index (χ0v) is 18.3. The van der Waals surface area contributed by atoms with E-state index in [9.17, 15) is 32.6 Å². The van der Waals surface area contributed by atoms with Crippen molar-refractivity contribution in [2.45, 2.75) is 31.5 Å². The first-order valence-electron chi connectivity index (χ1n) is 9.69. The number of anilines is 2. The van der Waals surface area contributed by atoms with E-state index in [1.807, 2.05) is 0 Å². The van der Waals surface area contributed by atoms with E-state index in [1.165, 1.54) is 43.0 Å². The number of nitrogens with zero attached hydrogens (tertiary/aromatic N) is 3. The van der Waals surface area contributed by atoms with Crippen LogP contribution < -0.4 is 9.80 Å². The first kappa shape index (κ1) is 24.6. The van der Waals surface area contributed by atoms with Crippen LogP contribution in [0.2, 0.25) is 0 Å². The second-order valence-electron chi connectivity index (χ2n) is 7.92. The Labute approximate surface area is 192 Å². The average Bonchev–Trinajstić information content (AvgIpc) is 2.92. The molecule has 3 rings (SSSR count). The summed E-state index contributed by atoms with van der Waals surface area (Å²) in [4.78, 5) is 15.4. The highest BCUT2D eigenvalue weighted by molar-refractivity contribution is 7.81. The van der Waals surface area contributed by atoms with Crippen LogP contribution in [0.3, 0.4) is 0 Å². The van der Waals surface area contributed by atoms with Crippen LogP contribution in [-0.4, -0.2) is 40.0 Å². The summed E-state index contributed by atoms with van der Waals surface area (Å²) >= 11 is 5.41. The van der Waals surface area contributed by atoms with Gasteiger partial charge in [-0.15, -0.1) is 0 Å². The lowest BCUT2D eigenvalue weighted by Crippen LogP contribution is -2.44. The molecule has 1 amide bonds. The van der Waals surface area contributed by atoms with Gasteiger partial charge in [-0.25, -0.2) is 4.39 Å². The van der Waals surface area contributed by atoms with Gasteiger partial charge in [-0.1, -0.05) is 6.07 Å². The van der Waals surface area contributed by atoms with Gasteiger partial charge >= 0.3 is 6.18 Å². The van der Waals surface area contributed by atoms with Gasteiger partial charge in [-0.05, 0) is 62.0 Å². The van der Waals surface area contributed by atoms with Crippen molar-refractivity contribution in [2.75, 3.05) is 23.0 Å². The van der Waals surface area contributed by atoms with E-state index in [0.29, 0.717) is 6.07 Å². The molecule has 11 heteroatoms. The monoisotopic (exact) mass is 481 g/mol. The van der Waals surface area contributed by atoms with E-state index < -0.39 is 53.7 Å². The third-order valence-electron chi connectivity index (χ3n) is 5.48. The summed E-state index contributed by atoms with van der Waals surface area (Å²) in [5, 5.41) is 27.5. The highest BCUT2D eigenvalue weighted by Gasteiger charge is 2.50. The predicted molar refractivity (Wildman–Crippen MR) is 116 cm³/mol. The highest BCUT2D eigenvalue weighted by Crippen LogP contribution is 2.40. The molecule has 6 nitrogen and oxygen atoms in total. The smallest absolute Gasteiger partial charge is 0.396 e. The highest BCUT2D eigenvalue weighted by atomic mass is 32.1. The molecular formula is C22H19F4N3O3S. The molecule has 1 aliphatic rings. The van der Waals surface area contributed by atoms with E-state index in [0.717, 1.165) is 17.0 Å². The normalized spacial score (nSPS) is 16.0. The summed E-state index contributed by atoms with van der Waals surface area (Å²) in [6.07, 6.45) is -4.82. The molecule has 0 spiro atoms. The fourth-order valence-electron chi connectivity index (χ4n) is 3.70. The average molecular weight is 481 g/mol. The molecule has 1 heterocycles. The fourth-order valence-corrected chi connectivity index (χ4v) is 4.22. The Balaban J connectivity index is 2.08. The second kappa shape index (κ2) is 8.70. The summed E-state index contributed by atoms with van der Waals surface area (Å²) < 4.78 is 55.0. The molecule has 2 N–H and O–H groups in total. The molecule has 0 bridgehead atoms. The molecule has 0 aromatic heterocycles. The minimum Gasteiger partial charge on any atom is -0.396 e. The van der Waals surface area contributed by atoms with Gasteiger partial charge in [-0.3, -0.25) is 9.69 Å². The number of nitriles is 1. The Kier molecular flexibility index (Phi) is 6.48. The van der Waals surface area contributed by atoms with Crippen LogP contribution in [0.1, 0.15) is 36.5 Å². The van der Waals surface area contributed by atoms with Crippen molar-refractivity contribution in [1.82, 2.24) is 0 Å². The van der Waals surface area contributed by atoms with Crippen molar-refractivity contribution >= 4 is 34.6 Å². The standard InChI is InChI=1S/C22H19F4N3O3S/c1-21(2)19(32)28(14-4-3-12(9-27)17(7-14)22(24,25)26)20(33)29(21)15-5-6-16(18(23)8-15)13(10-30)11-31/h3-8,13,30-31H,10-11H2,1-2H3. The summed E-state index contributed by atoms with van der Waals surface area (Å²) in [6.45, 7) is 2.03. The molecular weight excluding hydrogens is 462 g/mol. The third-order valence-corrected chi connectivity index (χ3v) is 5.84. The minimum atomic E-state index is -4.82. The zero-order chi connectivity index (χ0) is 24.7. The van der Waals surface area contributed by atoms with Crippen LogP contribution in [0.25, 0.3) is 0 Å². The van der Waals surface area contributed by atoms with Crippen molar-refractivity contribution in [3.8, 4) is 6.07 Å². The Morgan fingerprint density at radius 1 is 1.12 bits per heavy atom. The molecule has 1 fully saturated rings. The number of aliphatic hydroxyl groups is 2. The molecule has 33 heavy (non-hydrogen) atoms. The molecule has 0 atom stereocenters. The topological polar surface area (TPSA) is 87.8 Å². The number of rotatable bonds is 5. The fraction of sp³-hybridized carbons (Fsp3) is 0.318. The number of aliphatic hydroxyl groups excluding tert-OH is 2. The SMILES string of the molecule is CC1(C)C(=O)N(c2ccc(C#N)c(C(F)(F)F)c2)C(=S)N1c1ccc(C(CO)CO)c(F)c1. The van der Waals surface area contributed by atoms with E-state index in [-0.39, 0.29) is 22.1 Å². The molecule has 0 unspecified atom stereocenters. The lowest BCUT2D eigenvalue weighted by Gasteiger charge is -2.30. The van der Waals surface area contributed by atoms with E-state index in [4.69, 9.17) is 17.5 Å². The first-order valence-corrected chi connectivity index (χ1v) is 10.1. The Morgan fingerprint density at radius 3 is 2.24 bits per heavy atom. The molecule has 1 saturated heterocycles. The summed E-state index contributed by atoms with van der Waals surface area (Å²) in [5.74, 6) is -2.23. The molecule has 0 saturated carbocycles. The maximum atomic E-state index is 14.7. The van der Waals surface area contributed by atoms with Gasteiger partial charge in [0.2, 0.25) is 0 Å². The lowest BCUT2D eigenvalue weighted by atomic mass is 9.98. The summed E-state index contributed by atoms with van der Waals surface area (Å²) in [6, 6.07) is 8.18. The first-order chi connectivity index (χ1) is 15.4. The number of carbonyl (C=O) groups is 1. The predicted octanol–water partition coefficient (Wildman–Crippen LogP) is 3.70. The maximum absolute atomic E-state index is 14.7. The van der Waals surface area contributed by atoms with Crippen molar-refractivity contribution in [3.63, 3.8) is 0 Å². The lowest BCUT2D eigenvalue weighted by molar-refractivity contribution is -0.137. The van der Waals surface area contributed by atoms with Crippen LogP contribution in [0.15, 0.2) is 36.4 Å². The van der Waals surface area contributed by atoms with Gasteiger partial charge in [0.15, 0.2) is 5.11 Å². The number of alkyl halides is 3. The van der Waals surface area contributed by atoms with Gasteiger partial charge in [0.25, 0.3) is 5.91 Å². The van der Waals surface area contributed by atoms with Gasteiger partial charge in [0.05, 0.1) is 36.1 Å². The molecule has 1 aliphatic heterocycles. The van der Waals surface area contributed by atoms with Crippen LogP contribution >= 0.6 is 12.2 Å². The molecule has 2 aromatic carbocycles. The number of hydrogen-bond acceptors (Lipinski definition) is 5. The number of thiocarbonyl (C=S) groups is 1. The van der Waals surface area contributed by atoms with E-state index in [2.05, 4.69) is 0 Å².